The molecule has 2 saturated heterocycles. The van der Waals surface area contributed by atoms with Gasteiger partial charge in [0.2, 0.25) is 0 Å². The van der Waals surface area contributed by atoms with Gasteiger partial charge in [-0.3, -0.25) is 9.78 Å². The SMILES string of the molecule is O=C([C@H]1CCCO1)N1CCC2(CCc3cc(-c4ccc5cccnc5c4Cl)ccc3O2)CC1. The molecule has 0 N–H and O–H groups in total. The van der Waals surface area contributed by atoms with Crippen LogP contribution in [0, 0.1) is 0 Å². The highest BCUT2D eigenvalue weighted by Crippen LogP contribution is 2.42. The fourth-order valence-corrected chi connectivity index (χ4v) is 5.81. The minimum absolute atomic E-state index is 0.157. The highest BCUT2D eigenvalue weighted by Gasteiger charge is 2.41. The maximum atomic E-state index is 12.7. The normalized spacial score (nSPS) is 21.7. The molecule has 3 aromatic rings. The Morgan fingerprint density at radius 3 is 2.82 bits per heavy atom. The van der Waals surface area contributed by atoms with E-state index in [1.54, 1.807) is 6.20 Å². The van der Waals surface area contributed by atoms with E-state index in [9.17, 15) is 4.79 Å². The Kier molecular flexibility index (Phi) is 5.27. The predicted molar refractivity (Wildman–Crippen MR) is 129 cm³/mol. The Bertz CT molecular complexity index is 1210. The third kappa shape index (κ3) is 3.77. The quantitative estimate of drug-likeness (QED) is 0.510. The second kappa shape index (κ2) is 8.30. The van der Waals surface area contributed by atoms with Crippen molar-refractivity contribution in [3.8, 4) is 16.9 Å². The molecule has 1 atom stereocenters. The number of hydrogen-bond acceptors (Lipinski definition) is 4. The van der Waals surface area contributed by atoms with E-state index in [0.29, 0.717) is 11.6 Å². The monoisotopic (exact) mass is 462 g/mol. The van der Waals surface area contributed by atoms with Gasteiger partial charge in [-0.2, -0.15) is 0 Å². The molecular weight excluding hydrogens is 436 g/mol. The van der Waals surface area contributed by atoms with Crippen molar-refractivity contribution in [3.05, 3.63) is 59.2 Å². The Morgan fingerprint density at radius 2 is 2.00 bits per heavy atom. The van der Waals surface area contributed by atoms with Crippen LogP contribution < -0.4 is 4.74 Å². The Hall–Kier alpha value is -2.63. The molecule has 0 aliphatic carbocycles. The molecule has 1 amide bonds. The molecule has 1 aromatic heterocycles. The van der Waals surface area contributed by atoms with Gasteiger partial charge in [0.1, 0.15) is 17.5 Å². The third-order valence-corrected chi connectivity index (χ3v) is 7.83. The first-order valence-electron chi connectivity index (χ1n) is 11.9. The van der Waals surface area contributed by atoms with Gasteiger partial charge in [0, 0.05) is 49.7 Å². The van der Waals surface area contributed by atoms with Crippen molar-refractivity contribution < 1.29 is 14.3 Å². The summed E-state index contributed by atoms with van der Waals surface area (Å²) in [5.41, 5.74) is 3.95. The molecule has 2 fully saturated rings. The first-order chi connectivity index (χ1) is 16.1. The van der Waals surface area contributed by atoms with Crippen LogP contribution >= 0.6 is 11.6 Å². The van der Waals surface area contributed by atoms with Crippen LogP contribution in [0.1, 0.15) is 37.7 Å². The summed E-state index contributed by atoms with van der Waals surface area (Å²) in [6.07, 6.45) is 7.05. The highest BCUT2D eigenvalue weighted by molar-refractivity contribution is 6.37. The second-order valence-corrected chi connectivity index (χ2v) is 9.81. The van der Waals surface area contributed by atoms with E-state index in [-0.39, 0.29) is 17.6 Å². The molecule has 1 spiro atoms. The van der Waals surface area contributed by atoms with E-state index < -0.39 is 0 Å². The van der Waals surface area contributed by atoms with Gasteiger partial charge in [-0.05, 0) is 55.0 Å². The first-order valence-corrected chi connectivity index (χ1v) is 12.3. The van der Waals surface area contributed by atoms with Crippen LogP contribution in [0.3, 0.4) is 0 Å². The zero-order valence-corrected chi connectivity index (χ0v) is 19.3. The standard InChI is InChI=1S/C27H27ClN2O3/c28-24-21(7-5-18-3-1-13-29-25(18)24)19-6-8-22-20(17-19)9-10-27(33-22)11-14-30(15-12-27)26(31)23-4-2-16-32-23/h1,3,5-8,13,17,23H,2,4,9-12,14-16H2/t23-/m1/s1. The average Bonchev–Trinajstić information content (AvgIpc) is 3.40. The fraction of sp³-hybridized carbons (Fsp3) is 0.407. The molecule has 6 heteroatoms. The van der Waals surface area contributed by atoms with Crippen molar-refractivity contribution in [1.82, 2.24) is 9.88 Å². The lowest BCUT2D eigenvalue weighted by atomic mass is 9.82. The van der Waals surface area contributed by atoms with Crippen molar-refractivity contribution in [2.75, 3.05) is 19.7 Å². The van der Waals surface area contributed by atoms with Crippen molar-refractivity contribution >= 4 is 28.4 Å². The predicted octanol–water partition coefficient (Wildman–Crippen LogP) is 5.42. The number of piperidine rings is 1. The number of benzene rings is 2. The minimum atomic E-state index is -0.234. The zero-order valence-electron chi connectivity index (χ0n) is 18.6. The maximum absolute atomic E-state index is 12.7. The molecule has 3 aliphatic heterocycles. The van der Waals surface area contributed by atoms with E-state index >= 15 is 0 Å². The lowest BCUT2D eigenvalue weighted by molar-refractivity contribution is -0.144. The lowest BCUT2D eigenvalue weighted by Crippen LogP contribution is -2.52. The van der Waals surface area contributed by atoms with Crippen molar-refractivity contribution in [1.29, 1.82) is 0 Å². The molecule has 0 saturated carbocycles. The second-order valence-electron chi connectivity index (χ2n) is 9.44. The largest absolute Gasteiger partial charge is 0.487 e. The molecule has 4 heterocycles. The molecule has 0 radical (unpaired) electrons. The van der Waals surface area contributed by atoms with Gasteiger partial charge in [-0.1, -0.05) is 35.9 Å². The zero-order chi connectivity index (χ0) is 22.4. The summed E-state index contributed by atoms with van der Waals surface area (Å²) >= 11 is 6.73. The fourth-order valence-electron chi connectivity index (χ4n) is 5.48. The van der Waals surface area contributed by atoms with Gasteiger partial charge in [0.15, 0.2) is 0 Å². The molecule has 0 unspecified atom stereocenters. The van der Waals surface area contributed by atoms with Gasteiger partial charge in [-0.25, -0.2) is 0 Å². The Morgan fingerprint density at radius 1 is 1.12 bits per heavy atom. The number of carbonyl (C=O) groups excluding carboxylic acids is 1. The van der Waals surface area contributed by atoms with E-state index in [4.69, 9.17) is 21.1 Å². The topological polar surface area (TPSA) is 51.7 Å². The number of rotatable bonds is 2. The van der Waals surface area contributed by atoms with Crippen LogP contribution in [0.4, 0.5) is 0 Å². The summed E-state index contributed by atoms with van der Waals surface area (Å²) in [7, 11) is 0. The van der Waals surface area contributed by atoms with Gasteiger partial charge in [0.05, 0.1) is 10.5 Å². The van der Waals surface area contributed by atoms with Gasteiger partial charge in [-0.15, -0.1) is 0 Å². The number of amides is 1. The van der Waals surface area contributed by atoms with Crippen LogP contribution in [0.15, 0.2) is 48.7 Å². The highest BCUT2D eigenvalue weighted by atomic mass is 35.5. The van der Waals surface area contributed by atoms with Crippen molar-refractivity contribution in [2.24, 2.45) is 0 Å². The number of nitrogens with zero attached hydrogens (tertiary/aromatic N) is 2. The Labute approximate surface area is 198 Å². The van der Waals surface area contributed by atoms with Crippen LogP contribution in [-0.2, 0) is 16.0 Å². The number of aromatic nitrogens is 1. The number of likely N-dealkylation sites (tertiary alicyclic amines) is 1. The van der Waals surface area contributed by atoms with E-state index in [2.05, 4.69) is 35.3 Å². The number of ether oxygens (including phenoxy) is 2. The van der Waals surface area contributed by atoms with E-state index in [0.717, 1.165) is 79.4 Å². The van der Waals surface area contributed by atoms with Gasteiger partial charge < -0.3 is 14.4 Å². The van der Waals surface area contributed by atoms with Crippen molar-refractivity contribution in [2.45, 2.75) is 50.2 Å². The molecule has 0 bridgehead atoms. The van der Waals surface area contributed by atoms with E-state index in [1.165, 1.54) is 5.56 Å². The summed E-state index contributed by atoms with van der Waals surface area (Å²) in [6.45, 7) is 2.19. The Balaban J connectivity index is 1.19. The molecular formula is C27H27ClN2O3. The minimum Gasteiger partial charge on any atom is -0.487 e. The molecule has 6 rings (SSSR count). The summed E-state index contributed by atoms with van der Waals surface area (Å²) in [5, 5.41) is 1.73. The summed E-state index contributed by atoms with van der Waals surface area (Å²) in [5.74, 6) is 1.11. The van der Waals surface area contributed by atoms with Crippen LogP contribution in [0.25, 0.3) is 22.0 Å². The molecule has 33 heavy (non-hydrogen) atoms. The molecule has 5 nitrogen and oxygen atoms in total. The van der Waals surface area contributed by atoms with Gasteiger partial charge >= 0.3 is 0 Å². The number of hydrogen-bond donors (Lipinski definition) is 0. The van der Waals surface area contributed by atoms with Crippen LogP contribution in [0.2, 0.25) is 5.02 Å². The first kappa shape index (κ1) is 20.9. The number of halogens is 1. The maximum Gasteiger partial charge on any atom is 0.251 e. The summed E-state index contributed by atoms with van der Waals surface area (Å²) in [4.78, 5) is 19.1. The van der Waals surface area contributed by atoms with Gasteiger partial charge in [0.25, 0.3) is 5.91 Å². The van der Waals surface area contributed by atoms with Crippen molar-refractivity contribution in [3.63, 3.8) is 0 Å². The lowest BCUT2D eigenvalue weighted by Gasteiger charge is -2.45. The summed E-state index contributed by atoms with van der Waals surface area (Å²) < 4.78 is 12.2. The smallest absolute Gasteiger partial charge is 0.251 e. The number of pyridine rings is 1. The number of aryl methyl sites for hydroxylation is 1. The molecule has 3 aliphatic rings. The van der Waals surface area contributed by atoms with E-state index in [1.807, 2.05) is 17.0 Å². The van der Waals surface area contributed by atoms with Crippen LogP contribution in [-0.4, -0.2) is 47.2 Å². The molecule has 170 valence electrons. The molecule has 2 aromatic carbocycles. The third-order valence-electron chi connectivity index (χ3n) is 7.45. The number of carbonyl (C=O) groups is 1. The van der Waals surface area contributed by atoms with Crippen LogP contribution in [0.5, 0.6) is 5.75 Å². The number of fused-ring (bicyclic) bond motifs is 2. The average molecular weight is 463 g/mol. The summed E-state index contributed by atoms with van der Waals surface area (Å²) in [6, 6.07) is 14.5.